The Hall–Kier alpha value is -6.96. The maximum Gasteiger partial charge on any atom is 1.00 e. The molecular weight excluding hydrogens is 690 g/mol. The fourth-order valence-corrected chi connectivity index (χ4v) is 8.22. The molecule has 8 aromatic carbocycles. The summed E-state index contributed by atoms with van der Waals surface area (Å²) in [7, 11) is 0. The minimum absolute atomic E-state index is 0. The zero-order valence-corrected chi connectivity index (χ0v) is 31.4. The van der Waals surface area contributed by atoms with Gasteiger partial charge in [-0.15, -0.1) is 0 Å². The van der Waals surface area contributed by atoms with Gasteiger partial charge in [-0.3, -0.25) is 4.98 Å². The molecule has 0 bridgehead atoms. The molecule has 11 rings (SSSR count). The van der Waals surface area contributed by atoms with Crippen LogP contribution >= 0.6 is 0 Å². The molecule has 0 aliphatic carbocycles. The van der Waals surface area contributed by atoms with Gasteiger partial charge < -0.3 is 9.67 Å². The summed E-state index contributed by atoms with van der Waals surface area (Å²) < 4.78 is 2.34. The molecule has 1 N–H and O–H groups in total. The van der Waals surface area contributed by atoms with Gasteiger partial charge in [0, 0.05) is 40.3 Å². The first-order valence-electron chi connectivity index (χ1n) is 18.8. The molecule has 0 amide bonds. The molecular formula is C52H35LiN3O+. The molecule has 0 radical (unpaired) electrons. The first-order chi connectivity index (χ1) is 27.7. The number of aromatic nitrogens is 3. The second-order valence-electron chi connectivity index (χ2n) is 14.0. The Balaban J connectivity index is 0.000000304. The van der Waals surface area contributed by atoms with Gasteiger partial charge in [0.05, 0.1) is 11.0 Å². The van der Waals surface area contributed by atoms with Crippen LogP contribution in [-0.4, -0.2) is 9.55 Å². The largest absolute Gasteiger partial charge is 1.00 e. The van der Waals surface area contributed by atoms with E-state index in [-0.39, 0.29) is 24.6 Å². The molecule has 0 fully saturated rings. The average Bonchev–Trinajstić information content (AvgIpc) is 3.60. The summed E-state index contributed by atoms with van der Waals surface area (Å²) in [6.45, 7) is 0. The van der Waals surface area contributed by atoms with Crippen LogP contribution in [0.5, 0.6) is 5.75 Å². The molecule has 4 nitrogen and oxygen atoms in total. The summed E-state index contributed by atoms with van der Waals surface area (Å²) >= 11 is 0. The minimum Gasteiger partial charge on any atom is -0.868 e. The number of rotatable bonds is 4. The topological polar surface area (TPSA) is 55.0 Å². The summed E-state index contributed by atoms with van der Waals surface area (Å²) in [5.41, 5.74) is 11.5. The van der Waals surface area contributed by atoms with Crippen molar-refractivity contribution in [2.24, 2.45) is 0 Å². The van der Waals surface area contributed by atoms with Crippen molar-refractivity contribution >= 4 is 54.3 Å². The van der Waals surface area contributed by atoms with E-state index in [0.29, 0.717) is 5.52 Å². The van der Waals surface area contributed by atoms with Crippen molar-refractivity contribution in [2.45, 2.75) is 0 Å². The van der Waals surface area contributed by atoms with Crippen LogP contribution in [0.25, 0.3) is 93.3 Å². The Kier molecular flexibility index (Phi) is 9.58. The molecule has 0 aliphatic heterocycles. The van der Waals surface area contributed by atoms with E-state index < -0.39 is 0 Å². The van der Waals surface area contributed by atoms with E-state index in [2.05, 4.69) is 172 Å². The number of nitrogens with one attached hydrogen (secondary N) is 1. The summed E-state index contributed by atoms with van der Waals surface area (Å²) in [6, 6.07) is 66.0. The number of benzene rings is 8. The molecule has 264 valence electrons. The third kappa shape index (κ3) is 6.42. The summed E-state index contributed by atoms with van der Waals surface area (Å²) in [5, 5.41) is 19.5. The number of aromatic amines is 1. The molecule has 5 heteroatoms. The first kappa shape index (κ1) is 35.7. The van der Waals surface area contributed by atoms with Crippen LogP contribution in [0.15, 0.2) is 207 Å². The molecule has 0 unspecified atom stereocenters. The zero-order chi connectivity index (χ0) is 37.4. The van der Waals surface area contributed by atoms with Gasteiger partial charge in [0.2, 0.25) is 5.52 Å². The van der Waals surface area contributed by atoms with Gasteiger partial charge >= 0.3 is 18.9 Å². The number of H-pyrrole nitrogens is 1. The van der Waals surface area contributed by atoms with Crippen LogP contribution in [0.4, 0.5) is 0 Å². The van der Waals surface area contributed by atoms with Crippen LogP contribution in [0.1, 0.15) is 0 Å². The van der Waals surface area contributed by atoms with Gasteiger partial charge in [-0.25, -0.2) is 4.98 Å². The van der Waals surface area contributed by atoms with Crippen LogP contribution < -0.4 is 29.0 Å². The molecule has 3 aromatic heterocycles. The first-order valence-corrected chi connectivity index (χ1v) is 18.8. The predicted molar refractivity (Wildman–Crippen MR) is 230 cm³/mol. The molecule has 0 aliphatic rings. The van der Waals surface area contributed by atoms with Crippen molar-refractivity contribution in [3.63, 3.8) is 0 Å². The van der Waals surface area contributed by atoms with Crippen molar-refractivity contribution in [3.05, 3.63) is 207 Å². The smallest absolute Gasteiger partial charge is 0.868 e. The summed E-state index contributed by atoms with van der Waals surface area (Å²) in [5.74, 6) is 0.0445. The molecule has 0 saturated carbocycles. The van der Waals surface area contributed by atoms with E-state index in [1.807, 2.05) is 30.6 Å². The third-order valence-corrected chi connectivity index (χ3v) is 10.7. The Labute approximate surface area is 342 Å². The van der Waals surface area contributed by atoms with E-state index in [9.17, 15) is 5.11 Å². The van der Waals surface area contributed by atoms with Crippen LogP contribution in [0, 0.1) is 0 Å². The van der Waals surface area contributed by atoms with Crippen LogP contribution in [-0.2, 0) is 0 Å². The number of fused-ring (bicyclic) bond motifs is 6. The number of pyridine rings is 2. The monoisotopic (exact) mass is 724 g/mol. The molecule has 11 aromatic rings. The number of hydrogen-bond acceptors (Lipinski definition) is 2. The van der Waals surface area contributed by atoms with Gasteiger partial charge in [-0.05, 0) is 109 Å². The van der Waals surface area contributed by atoms with E-state index >= 15 is 0 Å². The normalized spacial score (nSPS) is 11.1. The fraction of sp³-hybridized carbons (Fsp3) is 0. The Morgan fingerprint density at radius 1 is 0.439 bits per heavy atom. The summed E-state index contributed by atoms with van der Waals surface area (Å²) in [6.07, 6.45) is 5.63. The van der Waals surface area contributed by atoms with Crippen molar-refractivity contribution in [3.8, 4) is 44.8 Å². The van der Waals surface area contributed by atoms with Gasteiger partial charge in [0.25, 0.3) is 0 Å². The molecule has 0 atom stereocenters. The van der Waals surface area contributed by atoms with Gasteiger partial charge in [0.15, 0.2) is 6.20 Å². The van der Waals surface area contributed by atoms with E-state index in [1.165, 1.54) is 65.8 Å². The molecule has 3 heterocycles. The Morgan fingerprint density at radius 3 is 1.68 bits per heavy atom. The number of para-hydroxylation sites is 2. The standard InChI is InChI=1S/C43H28N2.C9H7NO.Li/c1-4-12-29(13-5-1)42-34-18-10-11-19-35(34)43(30-14-6-2-7-15-30)38-27-31(20-22-36(38)42)32-21-23-40-37(26-32)39-28-44-25-24-41(39)45(40)33-16-8-3-9-17-33;11-8-5-1-3-7-4-2-6-10-9(7)8;/h1-28H;1-6,11H;/q;;+1. The molecule has 0 spiro atoms. The van der Waals surface area contributed by atoms with E-state index in [0.717, 1.165) is 22.0 Å². The summed E-state index contributed by atoms with van der Waals surface area (Å²) in [4.78, 5) is 7.42. The molecule has 0 saturated heterocycles. The van der Waals surface area contributed by atoms with E-state index in [1.54, 1.807) is 18.3 Å². The van der Waals surface area contributed by atoms with Crippen molar-refractivity contribution < 1.29 is 29.0 Å². The minimum atomic E-state index is 0. The third-order valence-electron chi connectivity index (χ3n) is 10.7. The number of hydrogen-bond donors (Lipinski definition) is 0. The van der Waals surface area contributed by atoms with Crippen LogP contribution in [0.3, 0.4) is 0 Å². The second kappa shape index (κ2) is 15.3. The van der Waals surface area contributed by atoms with Crippen molar-refractivity contribution in [1.29, 1.82) is 0 Å². The predicted octanol–water partition coefficient (Wildman–Crippen LogP) is 9.22. The van der Waals surface area contributed by atoms with Crippen LogP contribution in [0.2, 0.25) is 0 Å². The number of nitrogens with zero attached hydrogens (tertiary/aromatic N) is 2. The van der Waals surface area contributed by atoms with E-state index in [4.69, 9.17) is 0 Å². The van der Waals surface area contributed by atoms with Gasteiger partial charge in [0.1, 0.15) is 0 Å². The fourth-order valence-electron chi connectivity index (χ4n) is 8.22. The van der Waals surface area contributed by atoms with Gasteiger partial charge in [-0.2, -0.15) is 0 Å². The maximum absolute atomic E-state index is 11.1. The SMILES string of the molecule is [Li+].[O-]c1cccc2ccc[nH+]c12.c1ccc(-c2c3ccccc3c(-c3ccccc3)c3cc(-c4ccc5c(c4)c4cnccc4n5-c4ccccc4)ccc23)cc1. The quantitative estimate of drug-likeness (QED) is 0.134. The Bertz CT molecular complexity index is 3190. The van der Waals surface area contributed by atoms with Gasteiger partial charge in [-0.1, -0.05) is 133 Å². The Morgan fingerprint density at radius 2 is 1.00 bits per heavy atom. The van der Waals surface area contributed by atoms with Crippen molar-refractivity contribution in [2.75, 3.05) is 0 Å². The molecule has 57 heavy (non-hydrogen) atoms. The zero-order valence-electron chi connectivity index (χ0n) is 31.4. The maximum atomic E-state index is 11.1. The average molecular weight is 725 g/mol. The second-order valence-corrected chi connectivity index (χ2v) is 14.0. The van der Waals surface area contributed by atoms with Crippen molar-refractivity contribution in [1.82, 2.24) is 9.55 Å².